The first-order valence-corrected chi connectivity index (χ1v) is 7.90. The van der Waals surface area contributed by atoms with E-state index in [0.717, 1.165) is 13.6 Å². The molecule has 4 nitrogen and oxygen atoms in total. The average Bonchev–Trinajstić information content (AvgIpc) is 2.48. The highest BCUT2D eigenvalue weighted by Crippen LogP contribution is 2.21. The minimum atomic E-state index is -0.245. The fraction of sp³-hybridized carbons (Fsp3) is 0.0667. The molecule has 6 heteroatoms. The summed E-state index contributed by atoms with van der Waals surface area (Å²) in [7, 11) is 1.59. The van der Waals surface area contributed by atoms with Gasteiger partial charge in [-0.1, -0.05) is 28.1 Å². The minimum absolute atomic E-state index is 0.245. The lowest BCUT2D eigenvalue weighted by atomic mass is 10.2. The fourth-order valence-electron chi connectivity index (χ4n) is 1.67. The summed E-state index contributed by atoms with van der Waals surface area (Å²) >= 11 is 5.50. The van der Waals surface area contributed by atoms with Gasteiger partial charge in [0.05, 0.1) is 18.9 Å². The smallest absolute Gasteiger partial charge is 0.272 e. The average molecular weight is 459 g/mol. The molecule has 0 aromatic heterocycles. The largest absolute Gasteiger partial charge is 0.496 e. The highest BCUT2D eigenvalue weighted by Gasteiger charge is 2.07. The van der Waals surface area contributed by atoms with Crippen LogP contribution in [0.4, 0.5) is 0 Å². The lowest BCUT2D eigenvalue weighted by molar-refractivity contribution is 0.0954. The van der Waals surface area contributed by atoms with Gasteiger partial charge in [-0.3, -0.25) is 4.79 Å². The molecule has 1 N–H and O–H groups in total. The van der Waals surface area contributed by atoms with Crippen LogP contribution in [-0.2, 0) is 0 Å². The number of hydrogen-bond acceptors (Lipinski definition) is 3. The van der Waals surface area contributed by atoms with Crippen LogP contribution in [0.1, 0.15) is 15.9 Å². The van der Waals surface area contributed by atoms with Crippen LogP contribution < -0.4 is 10.2 Å². The summed E-state index contributed by atoms with van der Waals surface area (Å²) in [4.78, 5) is 12.0. The number of carbonyl (C=O) groups excluding carboxylic acids is 1. The van der Waals surface area contributed by atoms with Gasteiger partial charge in [-0.15, -0.1) is 0 Å². The van der Waals surface area contributed by atoms with Crippen molar-refractivity contribution < 1.29 is 9.53 Å². The second kappa shape index (κ2) is 7.56. The van der Waals surface area contributed by atoms with E-state index in [1.54, 1.807) is 19.4 Å². The van der Waals surface area contributed by atoms with E-state index in [2.05, 4.69) is 49.0 Å². The summed E-state index contributed by atoms with van der Waals surface area (Å²) < 4.78 is 7.02. The number of amides is 1. The highest BCUT2D eigenvalue weighted by molar-refractivity contribution is 14.1. The third-order valence-electron chi connectivity index (χ3n) is 2.68. The van der Waals surface area contributed by atoms with Gasteiger partial charge in [0.15, 0.2) is 0 Å². The van der Waals surface area contributed by atoms with Crippen molar-refractivity contribution in [3.63, 3.8) is 0 Å². The molecule has 0 fully saturated rings. The van der Waals surface area contributed by atoms with E-state index in [0.29, 0.717) is 11.3 Å². The zero-order chi connectivity index (χ0) is 15.2. The monoisotopic (exact) mass is 458 g/mol. The predicted molar refractivity (Wildman–Crippen MR) is 94.9 cm³/mol. The molecule has 0 bridgehead atoms. The van der Waals surface area contributed by atoms with Crippen molar-refractivity contribution >= 4 is 50.6 Å². The number of hydrazone groups is 1. The van der Waals surface area contributed by atoms with Crippen LogP contribution in [0.15, 0.2) is 52.0 Å². The fourth-order valence-corrected chi connectivity index (χ4v) is 2.68. The molecule has 108 valence electrons. The molecule has 21 heavy (non-hydrogen) atoms. The Morgan fingerprint density at radius 3 is 2.81 bits per heavy atom. The van der Waals surface area contributed by atoms with Crippen molar-refractivity contribution in [1.82, 2.24) is 5.43 Å². The Hall–Kier alpha value is -1.41. The van der Waals surface area contributed by atoms with Crippen LogP contribution in [0.2, 0.25) is 0 Å². The highest BCUT2D eigenvalue weighted by atomic mass is 127. The summed E-state index contributed by atoms with van der Waals surface area (Å²) in [6.07, 6.45) is 1.55. The Kier molecular flexibility index (Phi) is 5.75. The maximum atomic E-state index is 12.0. The number of hydrogen-bond donors (Lipinski definition) is 1. The quantitative estimate of drug-likeness (QED) is 0.430. The molecule has 2 rings (SSSR count). The molecule has 0 radical (unpaired) electrons. The molecule has 0 saturated heterocycles. The van der Waals surface area contributed by atoms with E-state index >= 15 is 0 Å². The predicted octanol–water partition coefficient (Wildman–Crippen LogP) is 3.83. The van der Waals surface area contributed by atoms with Crippen LogP contribution in [-0.4, -0.2) is 19.2 Å². The molecule has 0 aliphatic heterocycles. The van der Waals surface area contributed by atoms with Gasteiger partial charge in [0.1, 0.15) is 5.75 Å². The summed E-state index contributed by atoms with van der Waals surface area (Å²) in [5.41, 5.74) is 3.88. The van der Waals surface area contributed by atoms with E-state index in [-0.39, 0.29) is 5.91 Å². The van der Waals surface area contributed by atoms with Gasteiger partial charge < -0.3 is 4.74 Å². The zero-order valence-electron chi connectivity index (χ0n) is 11.1. The maximum absolute atomic E-state index is 12.0. The van der Waals surface area contributed by atoms with Crippen LogP contribution in [0.3, 0.4) is 0 Å². The van der Waals surface area contributed by atoms with Crippen molar-refractivity contribution in [2.75, 3.05) is 7.11 Å². The number of ether oxygens (including phenoxy) is 1. The molecule has 0 unspecified atom stereocenters. The van der Waals surface area contributed by atoms with Gasteiger partial charge in [0.25, 0.3) is 5.91 Å². The van der Waals surface area contributed by atoms with Crippen LogP contribution >= 0.6 is 38.5 Å². The zero-order valence-corrected chi connectivity index (χ0v) is 14.9. The summed E-state index contributed by atoms with van der Waals surface area (Å²) in [5.74, 6) is 0.440. The maximum Gasteiger partial charge on any atom is 0.272 e. The van der Waals surface area contributed by atoms with Crippen molar-refractivity contribution in [3.8, 4) is 5.75 Å². The Bertz CT molecular complexity index is 689. The van der Waals surface area contributed by atoms with Crippen LogP contribution in [0.25, 0.3) is 0 Å². The number of carbonyl (C=O) groups is 1. The van der Waals surface area contributed by atoms with Crippen molar-refractivity contribution in [1.29, 1.82) is 0 Å². The van der Waals surface area contributed by atoms with Crippen molar-refractivity contribution in [3.05, 3.63) is 61.6 Å². The lowest BCUT2D eigenvalue weighted by Crippen LogP contribution is -2.18. The Balaban J connectivity index is 2.11. The Labute approximate surface area is 144 Å². The second-order valence-corrected chi connectivity index (χ2v) is 6.14. The third kappa shape index (κ3) is 4.28. The number of nitrogens with zero attached hydrogens (tertiary/aromatic N) is 1. The lowest BCUT2D eigenvalue weighted by Gasteiger charge is -2.05. The molecular formula is C15H12BrIN2O2. The molecular weight excluding hydrogens is 447 g/mol. The number of benzene rings is 2. The van der Waals surface area contributed by atoms with Gasteiger partial charge in [0, 0.05) is 13.6 Å². The minimum Gasteiger partial charge on any atom is -0.496 e. The summed E-state index contributed by atoms with van der Waals surface area (Å²) in [6, 6.07) is 12.9. The van der Waals surface area contributed by atoms with Gasteiger partial charge in [-0.05, 0) is 52.9 Å². The van der Waals surface area contributed by atoms with Gasteiger partial charge in [0.2, 0.25) is 0 Å². The molecule has 0 heterocycles. The topological polar surface area (TPSA) is 50.7 Å². The van der Waals surface area contributed by atoms with Gasteiger partial charge in [-0.25, -0.2) is 5.43 Å². The molecule has 0 atom stereocenters. The van der Waals surface area contributed by atoms with Gasteiger partial charge >= 0.3 is 0 Å². The summed E-state index contributed by atoms with van der Waals surface area (Å²) in [6.45, 7) is 0. The normalized spacial score (nSPS) is 10.6. The molecule has 1 amide bonds. The van der Waals surface area contributed by atoms with E-state index in [1.807, 2.05) is 36.4 Å². The Morgan fingerprint density at radius 1 is 1.33 bits per heavy atom. The van der Waals surface area contributed by atoms with Crippen LogP contribution in [0, 0.1) is 3.57 Å². The first-order valence-electron chi connectivity index (χ1n) is 6.03. The van der Waals surface area contributed by atoms with E-state index in [4.69, 9.17) is 4.74 Å². The first-order chi connectivity index (χ1) is 10.1. The molecule has 2 aromatic rings. The third-order valence-corrected chi connectivity index (χ3v) is 4.11. The second-order valence-electron chi connectivity index (χ2n) is 4.07. The Morgan fingerprint density at radius 2 is 2.10 bits per heavy atom. The van der Waals surface area contributed by atoms with Gasteiger partial charge in [-0.2, -0.15) is 5.10 Å². The van der Waals surface area contributed by atoms with Crippen molar-refractivity contribution in [2.45, 2.75) is 0 Å². The standard InChI is InChI=1S/C15H12BrIN2O2/c1-21-14-7-6-11(16)8-10(14)9-18-19-15(20)12-4-2-3-5-13(12)17/h2-9H,1H3,(H,19,20). The number of methoxy groups -OCH3 is 1. The SMILES string of the molecule is COc1ccc(Br)cc1C=NNC(=O)c1ccccc1I. The van der Waals surface area contributed by atoms with E-state index in [1.165, 1.54) is 0 Å². The number of halogens is 2. The summed E-state index contributed by atoms with van der Waals surface area (Å²) in [5, 5.41) is 3.98. The van der Waals surface area contributed by atoms with E-state index in [9.17, 15) is 4.79 Å². The molecule has 2 aromatic carbocycles. The van der Waals surface area contributed by atoms with E-state index < -0.39 is 0 Å². The number of rotatable bonds is 4. The molecule has 0 saturated carbocycles. The molecule has 0 aliphatic carbocycles. The molecule has 0 spiro atoms. The number of nitrogens with one attached hydrogen (secondary N) is 1. The first kappa shape index (κ1) is 16.0. The van der Waals surface area contributed by atoms with Crippen molar-refractivity contribution in [2.24, 2.45) is 5.10 Å². The molecule has 0 aliphatic rings. The van der Waals surface area contributed by atoms with Crippen LogP contribution in [0.5, 0.6) is 5.75 Å².